The van der Waals surface area contributed by atoms with Crippen LogP contribution in [0.1, 0.15) is 55.5 Å². The number of aryl methyl sites for hydroxylation is 1. The molecule has 0 N–H and O–H groups in total. The zero-order valence-electron chi connectivity index (χ0n) is 13.1. The predicted octanol–water partition coefficient (Wildman–Crippen LogP) is 3.96. The van der Waals surface area contributed by atoms with Crippen LogP contribution in [0.3, 0.4) is 0 Å². The maximum atomic E-state index is 9.32. The van der Waals surface area contributed by atoms with Crippen LogP contribution in [-0.2, 0) is 6.42 Å². The Morgan fingerprint density at radius 2 is 2.00 bits per heavy atom. The molecule has 4 heteroatoms. The molecule has 0 unspecified atom stereocenters. The molecule has 0 atom stereocenters. The number of aromatic nitrogens is 3. The summed E-state index contributed by atoms with van der Waals surface area (Å²) >= 11 is 0. The van der Waals surface area contributed by atoms with Crippen LogP contribution in [0.5, 0.6) is 0 Å². The van der Waals surface area contributed by atoms with Crippen molar-refractivity contribution in [2.24, 2.45) is 5.92 Å². The fourth-order valence-corrected chi connectivity index (χ4v) is 3.42. The number of para-hydroxylation sites is 1. The highest BCUT2D eigenvalue weighted by Crippen LogP contribution is 2.28. The van der Waals surface area contributed by atoms with E-state index < -0.39 is 0 Å². The number of hydrogen-bond donors (Lipinski definition) is 0. The summed E-state index contributed by atoms with van der Waals surface area (Å²) in [6.45, 7) is 2.06. The molecule has 0 aliphatic heterocycles. The average molecular weight is 294 g/mol. The maximum Gasteiger partial charge on any atom is 0.186 e. The normalized spacial score (nSPS) is 15.6. The van der Waals surface area contributed by atoms with Crippen molar-refractivity contribution >= 4 is 0 Å². The van der Waals surface area contributed by atoms with E-state index in [4.69, 9.17) is 0 Å². The lowest BCUT2D eigenvalue weighted by Crippen LogP contribution is -2.10. The second kappa shape index (κ2) is 6.74. The van der Waals surface area contributed by atoms with E-state index in [0.29, 0.717) is 5.69 Å². The Morgan fingerprint density at radius 1 is 1.23 bits per heavy atom. The molecule has 114 valence electrons. The van der Waals surface area contributed by atoms with Crippen LogP contribution in [0, 0.1) is 24.2 Å². The van der Waals surface area contributed by atoms with Crippen LogP contribution in [-0.4, -0.2) is 15.0 Å². The van der Waals surface area contributed by atoms with Gasteiger partial charge < -0.3 is 0 Å². The molecule has 0 radical (unpaired) electrons. The lowest BCUT2D eigenvalue weighted by Gasteiger charge is -2.21. The van der Waals surface area contributed by atoms with Gasteiger partial charge in [-0.2, -0.15) is 5.26 Å². The topological polar surface area (TPSA) is 54.5 Å². The van der Waals surface area contributed by atoms with E-state index in [1.54, 1.807) is 0 Å². The molecule has 3 rings (SSSR count). The van der Waals surface area contributed by atoms with Crippen LogP contribution in [0.2, 0.25) is 0 Å². The molecular weight excluding hydrogens is 272 g/mol. The van der Waals surface area contributed by atoms with Crippen molar-refractivity contribution in [3.05, 3.63) is 41.2 Å². The zero-order chi connectivity index (χ0) is 15.4. The Morgan fingerprint density at radius 3 is 2.73 bits per heavy atom. The SMILES string of the molecule is Cc1ccccc1-n1nnc(C#N)c1CCC1CCCCC1. The van der Waals surface area contributed by atoms with Crippen LogP contribution in [0.25, 0.3) is 5.69 Å². The number of nitrogens with zero attached hydrogens (tertiary/aromatic N) is 4. The van der Waals surface area contributed by atoms with Gasteiger partial charge >= 0.3 is 0 Å². The fraction of sp³-hybridized carbons (Fsp3) is 0.500. The molecule has 0 saturated heterocycles. The molecule has 1 aliphatic rings. The van der Waals surface area contributed by atoms with Crippen molar-refractivity contribution < 1.29 is 0 Å². The summed E-state index contributed by atoms with van der Waals surface area (Å²) in [5.41, 5.74) is 3.60. The van der Waals surface area contributed by atoms with E-state index in [1.807, 2.05) is 22.9 Å². The van der Waals surface area contributed by atoms with Gasteiger partial charge in [-0.15, -0.1) is 5.10 Å². The summed E-state index contributed by atoms with van der Waals surface area (Å²) in [7, 11) is 0. The Hall–Kier alpha value is -2.15. The average Bonchev–Trinajstić information content (AvgIpc) is 2.97. The Balaban J connectivity index is 1.84. The van der Waals surface area contributed by atoms with E-state index in [-0.39, 0.29) is 0 Å². The van der Waals surface area contributed by atoms with Crippen molar-refractivity contribution in [2.45, 2.75) is 51.9 Å². The van der Waals surface area contributed by atoms with Crippen LogP contribution >= 0.6 is 0 Å². The number of rotatable bonds is 4. The number of hydrogen-bond acceptors (Lipinski definition) is 3. The van der Waals surface area contributed by atoms with Crippen molar-refractivity contribution in [1.82, 2.24) is 15.0 Å². The van der Waals surface area contributed by atoms with Gasteiger partial charge in [0.1, 0.15) is 6.07 Å². The molecule has 1 aromatic carbocycles. The Kier molecular flexibility index (Phi) is 4.53. The van der Waals surface area contributed by atoms with Crippen molar-refractivity contribution in [3.8, 4) is 11.8 Å². The molecule has 0 amide bonds. The van der Waals surface area contributed by atoms with Crippen LogP contribution in [0.15, 0.2) is 24.3 Å². The third-order valence-electron chi connectivity index (χ3n) is 4.73. The van der Waals surface area contributed by atoms with Crippen LogP contribution < -0.4 is 0 Å². The first-order valence-electron chi connectivity index (χ1n) is 8.20. The molecule has 4 nitrogen and oxygen atoms in total. The first kappa shape index (κ1) is 14.8. The Labute approximate surface area is 131 Å². The highest BCUT2D eigenvalue weighted by Gasteiger charge is 2.18. The minimum Gasteiger partial charge on any atom is -0.216 e. The summed E-state index contributed by atoms with van der Waals surface area (Å²) in [5, 5.41) is 17.6. The first-order valence-corrected chi connectivity index (χ1v) is 8.20. The summed E-state index contributed by atoms with van der Waals surface area (Å²) in [6.07, 6.45) is 8.75. The Bertz CT molecular complexity index is 675. The zero-order valence-corrected chi connectivity index (χ0v) is 13.1. The summed E-state index contributed by atoms with van der Waals surface area (Å²) in [4.78, 5) is 0. The number of benzene rings is 1. The quantitative estimate of drug-likeness (QED) is 0.857. The lowest BCUT2D eigenvalue weighted by molar-refractivity contribution is 0.337. The standard InChI is InChI=1S/C18H22N4/c1-14-7-5-6-10-17(14)22-18(16(13-19)20-21-22)12-11-15-8-3-2-4-9-15/h5-7,10,15H,2-4,8-9,11-12H2,1H3. The van der Waals surface area contributed by atoms with Gasteiger partial charge in [0.05, 0.1) is 11.4 Å². The third kappa shape index (κ3) is 3.04. The smallest absolute Gasteiger partial charge is 0.186 e. The minimum absolute atomic E-state index is 0.471. The van der Waals surface area contributed by atoms with Gasteiger partial charge in [-0.25, -0.2) is 4.68 Å². The summed E-state index contributed by atoms with van der Waals surface area (Å²) < 4.78 is 1.86. The molecule has 1 fully saturated rings. The molecule has 1 saturated carbocycles. The maximum absolute atomic E-state index is 9.32. The molecule has 1 heterocycles. The van der Waals surface area contributed by atoms with Gasteiger partial charge in [0.2, 0.25) is 0 Å². The second-order valence-electron chi connectivity index (χ2n) is 6.24. The van der Waals surface area contributed by atoms with Gasteiger partial charge in [0.15, 0.2) is 5.69 Å². The molecule has 0 bridgehead atoms. The molecular formula is C18H22N4. The third-order valence-corrected chi connectivity index (χ3v) is 4.73. The molecule has 1 aliphatic carbocycles. The second-order valence-corrected chi connectivity index (χ2v) is 6.24. The fourth-order valence-electron chi connectivity index (χ4n) is 3.42. The highest BCUT2D eigenvalue weighted by molar-refractivity contribution is 5.42. The van der Waals surface area contributed by atoms with Crippen molar-refractivity contribution in [3.63, 3.8) is 0 Å². The lowest BCUT2D eigenvalue weighted by atomic mass is 9.85. The molecule has 2 aromatic rings. The van der Waals surface area contributed by atoms with Gasteiger partial charge in [-0.05, 0) is 37.3 Å². The first-order chi connectivity index (χ1) is 10.8. The molecule has 22 heavy (non-hydrogen) atoms. The van der Waals surface area contributed by atoms with Crippen molar-refractivity contribution in [2.75, 3.05) is 0 Å². The van der Waals surface area contributed by atoms with Crippen molar-refractivity contribution in [1.29, 1.82) is 5.26 Å². The van der Waals surface area contributed by atoms with Gasteiger partial charge in [-0.1, -0.05) is 55.5 Å². The number of nitriles is 1. The van der Waals surface area contributed by atoms with Gasteiger partial charge in [0, 0.05) is 0 Å². The largest absolute Gasteiger partial charge is 0.216 e. The van der Waals surface area contributed by atoms with Gasteiger partial charge in [-0.3, -0.25) is 0 Å². The van der Waals surface area contributed by atoms with Crippen LogP contribution in [0.4, 0.5) is 0 Å². The van der Waals surface area contributed by atoms with E-state index in [0.717, 1.165) is 35.7 Å². The van der Waals surface area contributed by atoms with E-state index >= 15 is 0 Å². The monoisotopic (exact) mass is 294 g/mol. The summed E-state index contributed by atoms with van der Waals surface area (Å²) in [6, 6.07) is 10.3. The van der Waals surface area contributed by atoms with E-state index in [1.165, 1.54) is 32.1 Å². The minimum atomic E-state index is 0.471. The van der Waals surface area contributed by atoms with Gasteiger partial charge in [0.25, 0.3) is 0 Å². The van der Waals surface area contributed by atoms with E-state index in [9.17, 15) is 5.26 Å². The highest BCUT2D eigenvalue weighted by atomic mass is 15.4. The van der Waals surface area contributed by atoms with E-state index in [2.05, 4.69) is 29.4 Å². The predicted molar refractivity (Wildman–Crippen MR) is 85.7 cm³/mol. The summed E-state index contributed by atoms with van der Waals surface area (Å²) in [5.74, 6) is 0.792. The molecule has 1 aromatic heterocycles. The molecule has 0 spiro atoms.